The molecule has 0 bridgehead atoms. The van der Waals surface area contributed by atoms with Crippen LogP contribution in [0.25, 0.3) is 33.3 Å². The second kappa shape index (κ2) is 5.99. The topological polar surface area (TPSA) is 22.3 Å². The lowest BCUT2D eigenvalue weighted by molar-refractivity contribution is -0.548. The van der Waals surface area contributed by atoms with E-state index < -0.39 is 6.69 Å². The minimum atomic E-state index is -2.05. The Morgan fingerprint density at radius 3 is 1.77 bits per heavy atom. The van der Waals surface area contributed by atoms with Crippen molar-refractivity contribution in [2.24, 2.45) is 0 Å². The summed E-state index contributed by atoms with van der Waals surface area (Å²) in [5.41, 5.74) is 5.39. The van der Waals surface area contributed by atoms with Gasteiger partial charge in [-0.1, -0.05) is 66.7 Å². The SMILES string of the molecule is c1ccc2c(c1)O[B-]1(c3cccc4ccccc34)Oc3ccccc3-c3cccc-2[n+]31. The summed E-state index contributed by atoms with van der Waals surface area (Å²) in [5.74, 6) is 1.68. The Hall–Kier alpha value is -4.05. The third-order valence-electron chi connectivity index (χ3n) is 6.48. The number of hydrogen-bond donors (Lipinski definition) is 0. The zero-order chi connectivity index (χ0) is 20.4. The molecule has 0 atom stereocenters. The van der Waals surface area contributed by atoms with Crippen LogP contribution < -0.4 is 19.2 Å². The third-order valence-corrected chi connectivity index (χ3v) is 6.48. The Labute approximate surface area is 180 Å². The van der Waals surface area contributed by atoms with E-state index in [4.69, 9.17) is 9.31 Å². The molecular weight excluding hydrogens is 381 g/mol. The zero-order valence-electron chi connectivity index (χ0n) is 16.7. The van der Waals surface area contributed by atoms with Crippen LogP contribution >= 0.6 is 0 Å². The Morgan fingerprint density at radius 2 is 1.06 bits per heavy atom. The van der Waals surface area contributed by atoms with Gasteiger partial charge in [-0.15, -0.1) is 0 Å². The van der Waals surface area contributed by atoms with Gasteiger partial charge in [0.15, 0.2) is 11.4 Å². The van der Waals surface area contributed by atoms with Gasteiger partial charge >= 0.3 is 6.69 Å². The van der Waals surface area contributed by atoms with Gasteiger partial charge in [0.1, 0.15) is 0 Å². The minimum absolute atomic E-state index is 0.840. The van der Waals surface area contributed by atoms with Crippen LogP contribution in [0, 0.1) is 0 Å². The molecule has 0 unspecified atom stereocenters. The summed E-state index contributed by atoms with van der Waals surface area (Å²) in [4.78, 5) is 0. The second-order valence-electron chi connectivity index (χ2n) is 8.13. The van der Waals surface area contributed by atoms with Gasteiger partial charge in [-0.2, -0.15) is 0 Å². The number of benzene rings is 4. The molecule has 0 aliphatic carbocycles. The van der Waals surface area contributed by atoms with Crippen molar-refractivity contribution in [2.75, 3.05) is 0 Å². The smallest absolute Gasteiger partial charge is 0.618 e. The Morgan fingerprint density at radius 1 is 0.516 bits per heavy atom. The van der Waals surface area contributed by atoms with Crippen LogP contribution in [-0.4, -0.2) is 6.69 Å². The van der Waals surface area contributed by atoms with E-state index in [1.807, 2.05) is 24.3 Å². The van der Waals surface area contributed by atoms with Gasteiger partial charge in [0, 0.05) is 12.1 Å². The van der Waals surface area contributed by atoms with E-state index in [0.717, 1.165) is 44.9 Å². The fraction of sp³-hybridized carbons (Fsp3) is 0. The number of nitrogens with zero attached hydrogens (tertiary/aromatic N) is 1. The van der Waals surface area contributed by atoms with Crippen molar-refractivity contribution in [2.45, 2.75) is 0 Å². The van der Waals surface area contributed by atoms with Crippen molar-refractivity contribution in [3.63, 3.8) is 0 Å². The van der Waals surface area contributed by atoms with Crippen LogP contribution in [0.5, 0.6) is 11.5 Å². The first kappa shape index (κ1) is 16.7. The first-order valence-corrected chi connectivity index (χ1v) is 10.6. The van der Waals surface area contributed by atoms with E-state index in [9.17, 15) is 0 Å². The molecule has 0 N–H and O–H groups in total. The van der Waals surface area contributed by atoms with Crippen LogP contribution in [0.3, 0.4) is 0 Å². The Bertz CT molecular complexity index is 1440. The Kier molecular flexibility index (Phi) is 3.23. The molecule has 0 saturated heterocycles. The van der Waals surface area contributed by atoms with E-state index in [2.05, 4.69) is 89.4 Å². The highest BCUT2D eigenvalue weighted by Crippen LogP contribution is 2.41. The molecule has 7 rings (SSSR count). The van der Waals surface area contributed by atoms with Crippen LogP contribution in [-0.2, 0) is 0 Å². The van der Waals surface area contributed by atoms with Gasteiger partial charge in [-0.25, -0.2) is 0 Å². The predicted octanol–water partition coefficient (Wildman–Crippen LogP) is 4.94. The largest absolute Gasteiger partial charge is 0.686 e. The molecule has 0 radical (unpaired) electrons. The molecule has 3 heterocycles. The molecule has 3 nitrogen and oxygen atoms in total. The number of aromatic nitrogens is 1. The molecule has 2 aliphatic rings. The van der Waals surface area contributed by atoms with Crippen LogP contribution in [0.2, 0.25) is 0 Å². The summed E-state index contributed by atoms with van der Waals surface area (Å²) in [7, 11) is 0. The molecule has 0 saturated carbocycles. The minimum Gasteiger partial charge on any atom is -0.618 e. The third kappa shape index (κ3) is 2.16. The molecule has 146 valence electrons. The van der Waals surface area contributed by atoms with Gasteiger partial charge in [-0.3, -0.25) is 0 Å². The van der Waals surface area contributed by atoms with E-state index in [1.54, 1.807) is 0 Å². The van der Waals surface area contributed by atoms with E-state index in [1.165, 1.54) is 5.39 Å². The van der Waals surface area contributed by atoms with Gasteiger partial charge in [0.05, 0.1) is 22.6 Å². The zero-order valence-corrected chi connectivity index (χ0v) is 16.7. The molecule has 4 aromatic carbocycles. The van der Waals surface area contributed by atoms with E-state index in [0.29, 0.717) is 0 Å². The van der Waals surface area contributed by atoms with Gasteiger partial charge in [0.2, 0.25) is 0 Å². The molecule has 1 aromatic heterocycles. The average Bonchev–Trinajstić information content (AvgIpc) is 2.84. The first-order chi connectivity index (χ1) is 15.4. The maximum Gasteiger partial charge on any atom is 0.686 e. The van der Waals surface area contributed by atoms with Crippen molar-refractivity contribution >= 4 is 22.9 Å². The fourth-order valence-electron chi connectivity index (χ4n) is 5.20. The highest BCUT2D eigenvalue weighted by molar-refractivity contribution is 6.77. The maximum absolute atomic E-state index is 6.88. The van der Waals surface area contributed by atoms with Gasteiger partial charge in [-0.05, 0) is 46.6 Å². The van der Waals surface area contributed by atoms with Crippen molar-refractivity contribution in [3.8, 4) is 34.0 Å². The van der Waals surface area contributed by atoms with Gasteiger partial charge in [0.25, 0.3) is 0 Å². The number of fused-ring (bicyclic) bond motifs is 5. The summed E-state index contributed by atoms with van der Waals surface area (Å²) in [6.07, 6.45) is 0. The average molecular weight is 399 g/mol. The first-order valence-electron chi connectivity index (χ1n) is 10.6. The van der Waals surface area contributed by atoms with E-state index >= 15 is 0 Å². The van der Waals surface area contributed by atoms with Gasteiger partial charge < -0.3 is 13.8 Å². The summed E-state index contributed by atoms with van der Waals surface area (Å²) < 4.78 is 16.0. The summed E-state index contributed by atoms with van der Waals surface area (Å²) in [5, 5.41) is 2.30. The number of hydrogen-bond acceptors (Lipinski definition) is 2. The summed E-state index contributed by atoms with van der Waals surface area (Å²) >= 11 is 0. The maximum atomic E-state index is 6.88. The normalized spacial score (nSPS) is 14.6. The molecule has 4 heteroatoms. The molecule has 0 amide bonds. The number of rotatable bonds is 1. The predicted molar refractivity (Wildman–Crippen MR) is 123 cm³/mol. The van der Waals surface area contributed by atoms with Crippen molar-refractivity contribution in [3.05, 3.63) is 109 Å². The van der Waals surface area contributed by atoms with Crippen molar-refractivity contribution < 1.29 is 13.8 Å². The van der Waals surface area contributed by atoms with Crippen molar-refractivity contribution in [1.82, 2.24) is 0 Å². The monoisotopic (exact) mass is 399 g/mol. The lowest BCUT2D eigenvalue weighted by Crippen LogP contribution is -2.83. The highest BCUT2D eigenvalue weighted by atomic mass is 16.6. The fourth-order valence-corrected chi connectivity index (χ4v) is 5.20. The quantitative estimate of drug-likeness (QED) is 0.373. The lowest BCUT2D eigenvalue weighted by atomic mass is 9.58. The summed E-state index contributed by atoms with van der Waals surface area (Å²) in [6.45, 7) is -2.05. The number of pyridine rings is 1. The standard InChI is InChI=1S/C27H18BNO2/c1-2-11-20-19(9-1)10-7-14-23(20)28-29-24(21-12-3-5-17-26(21)30-28)15-8-16-25(29)22-13-4-6-18-27(22)31-28/h1-18H. The molecule has 31 heavy (non-hydrogen) atoms. The molecule has 0 fully saturated rings. The molecule has 2 aliphatic heterocycles. The molecule has 0 spiro atoms. The second-order valence-corrected chi connectivity index (χ2v) is 8.13. The highest BCUT2D eigenvalue weighted by Gasteiger charge is 2.57. The molecular formula is C27H18BNO2. The summed E-state index contributed by atoms with van der Waals surface area (Å²) in [6, 6.07) is 37.6. The Balaban J connectivity index is 1.66. The molecule has 5 aromatic rings. The van der Waals surface area contributed by atoms with Crippen molar-refractivity contribution in [1.29, 1.82) is 0 Å². The van der Waals surface area contributed by atoms with Crippen LogP contribution in [0.4, 0.5) is 0 Å². The number of para-hydroxylation sites is 2. The lowest BCUT2D eigenvalue weighted by Gasteiger charge is -2.45. The van der Waals surface area contributed by atoms with E-state index in [-0.39, 0.29) is 0 Å². The van der Waals surface area contributed by atoms with Crippen LogP contribution in [0.1, 0.15) is 0 Å². The van der Waals surface area contributed by atoms with Crippen LogP contribution in [0.15, 0.2) is 109 Å².